The van der Waals surface area contributed by atoms with Crippen molar-refractivity contribution in [1.29, 1.82) is 0 Å². The van der Waals surface area contributed by atoms with Crippen LogP contribution in [0.25, 0.3) is 0 Å². The minimum absolute atomic E-state index is 0.738. The SMILES string of the molecule is CCCC1CC1n1cncc1C1CCNCC1. The molecule has 0 spiro atoms. The Balaban J connectivity index is 1.71. The second-order valence-corrected chi connectivity index (χ2v) is 5.60. The summed E-state index contributed by atoms with van der Waals surface area (Å²) in [5.41, 5.74) is 1.50. The Kier molecular flexibility index (Phi) is 3.19. The predicted molar refractivity (Wildman–Crippen MR) is 69.1 cm³/mol. The molecule has 1 N–H and O–H groups in total. The van der Waals surface area contributed by atoms with Gasteiger partial charge < -0.3 is 9.88 Å². The first-order chi connectivity index (χ1) is 8.40. The first-order valence-electron chi connectivity index (χ1n) is 7.12. The van der Waals surface area contributed by atoms with E-state index in [1.165, 1.54) is 50.9 Å². The molecule has 3 heteroatoms. The third-order valence-corrected chi connectivity index (χ3v) is 4.36. The molecule has 94 valence electrons. The molecule has 17 heavy (non-hydrogen) atoms. The minimum atomic E-state index is 0.738. The quantitative estimate of drug-likeness (QED) is 0.866. The van der Waals surface area contributed by atoms with Crippen LogP contribution in [0.2, 0.25) is 0 Å². The van der Waals surface area contributed by atoms with Gasteiger partial charge in [-0.2, -0.15) is 0 Å². The van der Waals surface area contributed by atoms with Gasteiger partial charge in [0.15, 0.2) is 0 Å². The average Bonchev–Trinajstić information content (AvgIpc) is 2.96. The van der Waals surface area contributed by atoms with E-state index in [2.05, 4.69) is 34.3 Å². The van der Waals surface area contributed by atoms with Gasteiger partial charge in [0.2, 0.25) is 0 Å². The Morgan fingerprint density at radius 3 is 3.00 bits per heavy atom. The number of imidazole rings is 1. The number of hydrogen-bond donors (Lipinski definition) is 1. The van der Waals surface area contributed by atoms with E-state index in [-0.39, 0.29) is 0 Å². The highest BCUT2D eigenvalue weighted by Gasteiger charge is 2.39. The summed E-state index contributed by atoms with van der Waals surface area (Å²) in [6.07, 6.45) is 10.8. The maximum atomic E-state index is 4.40. The van der Waals surface area contributed by atoms with Gasteiger partial charge in [0.25, 0.3) is 0 Å². The van der Waals surface area contributed by atoms with E-state index in [9.17, 15) is 0 Å². The first kappa shape index (κ1) is 11.3. The molecule has 0 radical (unpaired) electrons. The van der Waals surface area contributed by atoms with Crippen molar-refractivity contribution in [2.24, 2.45) is 5.92 Å². The zero-order chi connectivity index (χ0) is 11.7. The Morgan fingerprint density at radius 1 is 1.41 bits per heavy atom. The second kappa shape index (κ2) is 4.81. The summed E-state index contributed by atoms with van der Waals surface area (Å²) in [5, 5.41) is 3.44. The molecule has 3 rings (SSSR count). The summed E-state index contributed by atoms with van der Waals surface area (Å²) >= 11 is 0. The fraction of sp³-hybridized carbons (Fsp3) is 0.786. The lowest BCUT2D eigenvalue weighted by molar-refractivity contribution is 0.435. The van der Waals surface area contributed by atoms with Crippen LogP contribution in [0.3, 0.4) is 0 Å². The Labute approximate surface area is 104 Å². The maximum absolute atomic E-state index is 4.40. The van der Waals surface area contributed by atoms with Gasteiger partial charge in [-0.1, -0.05) is 13.3 Å². The van der Waals surface area contributed by atoms with Gasteiger partial charge in [0.05, 0.1) is 6.33 Å². The van der Waals surface area contributed by atoms with Crippen molar-refractivity contribution in [3.63, 3.8) is 0 Å². The molecule has 0 bridgehead atoms. The molecule has 3 nitrogen and oxygen atoms in total. The van der Waals surface area contributed by atoms with Crippen molar-refractivity contribution in [2.45, 2.75) is 51.0 Å². The number of rotatable bonds is 4. The zero-order valence-electron chi connectivity index (χ0n) is 10.7. The fourth-order valence-corrected chi connectivity index (χ4v) is 3.28. The number of nitrogens with one attached hydrogen (secondary N) is 1. The lowest BCUT2D eigenvalue weighted by Crippen LogP contribution is -2.27. The van der Waals surface area contributed by atoms with E-state index < -0.39 is 0 Å². The van der Waals surface area contributed by atoms with Crippen molar-refractivity contribution in [3.05, 3.63) is 18.2 Å². The maximum Gasteiger partial charge on any atom is 0.0950 e. The normalized spacial score (nSPS) is 29.5. The number of aromatic nitrogens is 2. The van der Waals surface area contributed by atoms with Crippen LogP contribution in [0.15, 0.2) is 12.5 Å². The smallest absolute Gasteiger partial charge is 0.0950 e. The lowest BCUT2D eigenvalue weighted by atomic mass is 9.95. The zero-order valence-corrected chi connectivity index (χ0v) is 10.7. The van der Waals surface area contributed by atoms with Crippen molar-refractivity contribution in [3.8, 4) is 0 Å². The van der Waals surface area contributed by atoms with Crippen LogP contribution in [-0.4, -0.2) is 22.6 Å². The van der Waals surface area contributed by atoms with Crippen molar-refractivity contribution in [1.82, 2.24) is 14.9 Å². The van der Waals surface area contributed by atoms with E-state index >= 15 is 0 Å². The topological polar surface area (TPSA) is 29.9 Å². The molecular weight excluding hydrogens is 210 g/mol. The van der Waals surface area contributed by atoms with Crippen LogP contribution >= 0.6 is 0 Å². The van der Waals surface area contributed by atoms with Crippen LogP contribution in [-0.2, 0) is 0 Å². The number of piperidine rings is 1. The summed E-state index contributed by atoms with van der Waals surface area (Å²) < 4.78 is 2.48. The van der Waals surface area contributed by atoms with Crippen molar-refractivity contribution in [2.75, 3.05) is 13.1 Å². The van der Waals surface area contributed by atoms with Crippen LogP contribution in [0.4, 0.5) is 0 Å². The molecule has 1 saturated heterocycles. The summed E-state index contributed by atoms with van der Waals surface area (Å²) in [5.74, 6) is 1.66. The first-order valence-corrected chi connectivity index (χ1v) is 7.12. The molecule has 2 aliphatic rings. The fourth-order valence-electron chi connectivity index (χ4n) is 3.28. The van der Waals surface area contributed by atoms with E-state index in [4.69, 9.17) is 0 Å². The summed E-state index contributed by atoms with van der Waals surface area (Å²) in [6.45, 7) is 4.62. The number of nitrogens with zero attached hydrogens (tertiary/aromatic N) is 2. The molecular formula is C14H23N3. The van der Waals surface area contributed by atoms with Gasteiger partial charge in [0.1, 0.15) is 0 Å². The highest BCUT2D eigenvalue weighted by molar-refractivity contribution is 5.12. The van der Waals surface area contributed by atoms with Gasteiger partial charge in [-0.05, 0) is 44.7 Å². The van der Waals surface area contributed by atoms with Gasteiger partial charge in [-0.25, -0.2) is 4.98 Å². The second-order valence-electron chi connectivity index (χ2n) is 5.60. The largest absolute Gasteiger partial charge is 0.331 e. The van der Waals surface area contributed by atoms with Gasteiger partial charge in [0, 0.05) is 23.9 Å². The van der Waals surface area contributed by atoms with E-state index in [0.717, 1.165) is 17.9 Å². The summed E-state index contributed by atoms with van der Waals surface area (Å²) in [7, 11) is 0. The molecule has 1 saturated carbocycles. The molecule has 1 aromatic heterocycles. The highest BCUT2D eigenvalue weighted by atomic mass is 15.1. The van der Waals surface area contributed by atoms with E-state index in [1.807, 2.05) is 0 Å². The summed E-state index contributed by atoms with van der Waals surface area (Å²) in [6, 6.07) is 0.766. The highest BCUT2D eigenvalue weighted by Crippen LogP contribution is 2.47. The molecule has 2 heterocycles. The molecule has 1 aliphatic carbocycles. The van der Waals surface area contributed by atoms with Crippen molar-refractivity contribution >= 4 is 0 Å². The van der Waals surface area contributed by atoms with Gasteiger partial charge in [-0.15, -0.1) is 0 Å². The Morgan fingerprint density at radius 2 is 2.24 bits per heavy atom. The summed E-state index contributed by atoms with van der Waals surface area (Å²) in [4.78, 5) is 4.40. The number of hydrogen-bond acceptors (Lipinski definition) is 2. The average molecular weight is 233 g/mol. The van der Waals surface area contributed by atoms with Crippen LogP contribution in [0, 0.1) is 5.92 Å². The van der Waals surface area contributed by atoms with Crippen LogP contribution in [0.5, 0.6) is 0 Å². The predicted octanol–water partition coefficient (Wildman–Crippen LogP) is 2.71. The lowest BCUT2D eigenvalue weighted by Gasteiger charge is -2.23. The minimum Gasteiger partial charge on any atom is -0.331 e. The van der Waals surface area contributed by atoms with Gasteiger partial charge >= 0.3 is 0 Å². The van der Waals surface area contributed by atoms with E-state index in [1.54, 1.807) is 0 Å². The van der Waals surface area contributed by atoms with Crippen molar-refractivity contribution < 1.29 is 0 Å². The third-order valence-electron chi connectivity index (χ3n) is 4.36. The molecule has 1 aliphatic heterocycles. The van der Waals surface area contributed by atoms with E-state index in [0.29, 0.717) is 0 Å². The van der Waals surface area contributed by atoms with Crippen LogP contribution in [0.1, 0.15) is 56.7 Å². The molecule has 0 amide bonds. The molecule has 0 aromatic carbocycles. The Hall–Kier alpha value is -0.830. The standard InChI is InChI=1S/C14H23N3/c1-2-3-12-8-13(12)17-10-16-9-14(17)11-4-6-15-7-5-11/h9-13,15H,2-8H2,1H3. The molecule has 2 fully saturated rings. The van der Waals surface area contributed by atoms with Crippen LogP contribution < -0.4 is 5.32 Å². The molecule has 2 atom stereocenters. The monoisotopic (exact) mass is 233 g/mol. The Bertz CT molecular complexity index is 365. The third kappa shape index (κ3) is 2.25. The molecule has 2 unspecified atom stereocenters. The van der Waals surface area contributed by atoms with Gasteiger partial charge in [-0.3, -0.25) is 0 Å². The molecule has 1 aromatic rings.